The minimum atomic E-state index is -3.42. The summed E-state index contributed by atoms with van der Waals surface area (Å²) >= 11 is 0. The van der Waals surface area contributed by atoms with Crippen LogP contribution in [0.25, 0.3) is 6.08 Å². The Morgan fingerprint density at radius 2 is 1.91 bits per heavy atom. The molecule has 1 aromatic heterocycles. The lowest BCUT2D eigenvalue weighted by atomic mass is 9.98. The lowest BCUT2D eigenvalue weighted by molar-refractivity contribution is -0.115. The second-order valence-electron chi connectivity index (χ2n) is 9.51. The van der Waals surface area contributed by atoms with Crippen molar-refractivity contribution in [1.82, 2.24) is 20.1 Å². The fraction of sp³-hybridized carbons (Fsp3) is 0.440. The first kappa shape index (κ1) is 24.2. The minimum Gasteiger partial charge on any atom is -0.358 e. The number of piperazine rings is 1. The summed E-state index contributed by atoms with van der Waals surface area (Å²) < 4.78 is 25.5. The summed E-state index contributed by atoms with van der Waals surface area (Å²) in [5, 5.41) is 2.13. The number of allylic oxidation sites excluding steroid dienone is 2. The van der Waals surface area contributed by atoms with Crippen LogP contribution in [0.2, 0.25) is 0 Å². The Morgan fingerprint density at radius 1 is 1.24 bits per heavy atom. The zero-order valence-electron chi connectivity index (χ0n) is 20.2. The monoisotopic (exact) mass is 484 g/mol. The fourth-order valence-electron chi connectivity index (χ4n) is 4.75. The van der Waals surface area contributed by atoms with Gasteiger partial charge in [-0.05, 0) is 45.9 Å². The molecule has 2 fully saturated rings. The summed E-state index contributed by atoms with van der Waals surface area (Å²) in [7, 11) is -1.38. The van der Waals surface area contributed by atoms with Crippen molar-refractivity contribution in [2.24, 2.45) is 0 Å². The van der Waals surface area contributed by atoms with E-state index in [1.165, 1.54) is 0 Å². The van der Waals surface area contributed by atoms with Crippen molar-refractivity contribution in [3.8, 4) is 0 Å². The number of aryl methyl sites for hydroxylation is 1. The van der Waals surface area contributed by atoms with E-state index in [4.69, 9.17) is 0 Å². The van der Waals surface area contributed by atoms with Gasteiger partial charge in [-0.15, -0.1) is 0 Å². The summed E-state index contributed by atoms with van der Waals surface area (Å²) in [4.78, 5) is 33.3. The van der Waals surface area contributed by atoms with Crippen LogP contribution in [0.15, 0.2) is 41.1 Å². The van der Waals surface area contributed by atoms with E-state index in [2.05, 4.69) is 21.8 Å². The number of rotatable bonds is 5. The number of hydrogen-bond donors (Lipinski definition) is 2. The molecule has 1 aromatic rings. The zero-order valence-corrected chi connectivity index (χ0v) is 21.0. The molecule has 0 radical (unpaired) electrons. The Labute approximate surface area is 201 Å². The van der Waals surface area contributed by atoms with Crippen LogP contribution >= 0.6 is 0 Å². The van der Waals surface area contributed by atoms with E-state index in [9.17, 15) is 18.0 Å². The number of H-pyrrole nitrogens is 1. The number of nitrogens with one attached hydrogen (secondary N) is 2. The van der Waals surface area contributed by atoms with E-state index >= 15 is 0 Å². The molecule has 0 saturated carbocycles. The second-order valence-corrected chi connectivity index (χ2v) is 11.7. The first-order valence-corrected chi connectivity index (χ1v) is 13.2. The van der Waals surface area contributed by atoms with Gasteiger partial charge in [0.25, 0.3) is 11.8 Å². The van der Waals surface area contributed by atoms with E-state index < -0.39 is 15.1 Å². The van der Waals surface area contributed by atoms with Gasteiger partial charge in [0, 0.05) is 48.8 Å². The van der Waals surface area contributed by atoms with E-state index in [1.807, 2.05) is 25.8 Å². The average Bonchev–Trinajstić information content (AvgIpc) is 3.22. The number of hydrogen-bond acceptors (Lipinski definition) is 5. The highest BCUT2D eigenvalue weighted by molar-refractivity contribution is 7.92. The Balaban J connectivity index is 1.67. The lowest BCUT2D eigenvalue weighted by Crippen LogP contribution is -2.47. The highest BCUT2D eigenvalue weighted by Gasteiger charge is 2.35. The zero-order chi connectivity index (χ0) is 24.8. The smallest absolute Gasteiger partial charge is 0.256 e. The molecule has 2 saturated heterocycles. The van der Waals surface area contributed by atoms with Gasteiger partial charge in [-0.1, -0.05) is 24.3 Å². The van der Waals surface area contributed by atoms with Gasteiger partial charge in [0.1, 0.15) is 0 Å². The quantitative estimate of drug-likeness (QED) is 0.492. The van der Waals surface area contributed by atoms with Crippen LogP contribution < -0.4 is 5.32 Å². The predicted molar refractivity (Wildman–Crippen MR) is 133 cm³/mol. The third-order valence-electron chi connectivity index (χ3n) is 6.66. The summed E-state index contributed by atoms with van der Waals surface area (Å²) in [5.74, 6) is -0.380. The molecule has 2 N–H and O–H groups in total. The van der Waals surface area contributed by atoms with Gasteiger partial charge in [-0.2, -0.15) is 0 Å². The molecular formula is C25H32N4O4S. The Hall–Kier alpha value is -2.91. The topological polar surface area (TPSA) is 103 Å². The number of carbonyl (C=O) groups excluding carboxylic acids is 2. The molecular weight excluding hydrogens is 452 g/mol. The Bertz CT molecular complexity index is 1260. The number of carbonyl (C=O) groups is 2. The number of amides is 2. The average molecular weight is 485 g/mol. The summed E-state index contributed by atoms with van der Waals surface area (Å²) in [6.45, 7) is 12.2. The van der Waals surface area contributed by atoms with Gasteiger partial charge in [0.05, 0.1) is 22.1 Å². The van der Waals surface area contributed by atoms with Crippen LogP contribution in [0.3, 0.4) is 0 Å². The molecule has 9 heteroatoms. The molecule has 0 spiro atoms. The van der Waals surface area contributed by atoms with E-state index in [0.717, 1.165) is 24.3 Å². The number of aromatic nitrogens is 1. The van der Waals surface area contributed by atoms with Crippen molar-refractivity contribution < 1.29 is 18.0 Å². The number of sulfone groups is 1. The first-order chi connectivity index (χ1) is 16.0. The Morgan fingerprint density at radius 3 is 2.56 bits per heavy atom. The summed E-state index contributed by atoms with van der Waals surface area (Å²) in [5.41, 5.74) is 5.03. The minimum absolute atomic E-state index is 0.0108. The molecule has 2 aliphatic heterocycles. The Kier molecular flexibility index (Phi) is 6.44. The van der Waals surface area contributed by atoms with E-state index in [-0.39, 0.29) is 17.6 Å². The van der Waals surface area contributed by atoms with Crippen molar-refractivity contribution in [1.29, 1.82) is 0 Å². The van der Waals surface area contributed by atoms with E-state index in [1.54, 1.807) is 25.2 Å². The van der Waals surface area contributed by atoms with E-state index in [0.29, 0.717) is 53.2 Å². The summed E-state index contributed by atoms with van der Waals surface area (Å²) in [6.07, 6.45) is 5.47. The van der Waals surface area contributed by atoms with Crippen molar-refractivity contribution in [2.75, 3.05) is 39.0 Å². The molecule has 3 heterocycles. The van der Waals surface area contributed by atoms with Gasteiger partial charge in [0.2, 0.25) is 0 Å². The van der Waals surface area contributed by atoms with Crippen LogP contribution in [0, 0.1) is 13.8 Å². The number of fused-ring (bicyclic) bond motifs is 1. The maximum absolute atomic E-state index is 13.2. The molecule has 1 aliphatic carbocycles. The van der Waals surface area contributed by atoms with Crippen molar-refractivity contribution in [3.63, 3.8) is 0 Å². The number of nitrogens with zero attached hydrogens (tertiary/aromatic N) is 2. The summed E-state index contributed by atoms with van der Waals surface area (Å²) in [6, 6.07) is 0. The molecule has 8 nitrogen and oxygen atoms in total. The molecule has 1 atom stereocenters. The normalized spacial score (nSPS) is 22.4. The van der Waals surface area contributed by atoms with Gasteiger partial charge < -0.3 is 20.1 Å². The van der Waals surface area contributed by atoms with Gasteiger partial charge in [-0.3, -0.25) is 9.59 Å². The molecule has 3 aliphatic rings. The molecule has 182 valence electrons. The van der Waals surface area contributed by atoms with Crippen LogP contribution in [-0.2, 0) is 14.6 Å². The fourth-order valence-corrected chi connectivity index (χ4v) is 6.38. The molecule has 0 aromatic carbocycles. The van der Waals surface area contributed by atoms with Crippen LogP contribution in [0.4, 0.5) is 0 Å². The highest BCUT2D eigenvalue weighted by atomic mass is 32.2. The SMILES string of the molecule is C=C(C)CS(=O)(=O)C1C=C2C(=CC1)NC(=O)/C2=C\c1[nH]c(C)c(C(=O)N2CCN(C)CC2)c1C. The largest absolute Gasteiger partial charge is 0.358 e. The molecule has 4 rings (SSSR count). The third kappa shape index (κ3) is 4.54. The molecule has 2 amide bonds. The first-order valence-electron chi connectivity index (χ1n) is 11.5. The highest BCUT2D eigenvalue weighted by Crippen LogP contribution is 2.34. The van der Waals surface area contributed by atoms with Crippen molar-refractivity contribution in [3.05, 3.63) is 63.7 Å². The predicted octanol–water partition coefficient (Wildman–Crippen LogP) is 2.11. The molecule has 0 bridgehead atoms. The van der Waals surface area contributed by atoms with Gasteiger partial charge in [-0.25, -0.2) is 8.42 Å². The standard InChI is InChI=1S/C25H32N4O4S/c1-15(2)14-34(32,33)18-6-7-21-19(12-18)20(24(30)27-21)13-22-16(3)23(17(4)26-22)25(31)29-10-8-28(5)9-11-29/h7,12-13,18,26H,1,6,8-11,14H2,2-5H3,(H,27,30)/b20-13-. The lowest BCUT2D eigenvalue weighted by Gasteiger charge is -2.32. The second kappa shape index (κ2) is 9.03. The van der Waals surface area contributed by atoms with Crippen LogP contribution in [0.1, 0.15) is 40.7 Å². The third-order valence-corrected chi connectivity index (χ3v) is 8.80. The number of likely N-dealkylation sites (N-methyl/N-ethyl adjacent to an activating group) is 1. The maximum Gasteiger partial charge on any atom is 0.256 e. The number of aromatic amines is 1. The van der Waals surface area contributed by atoms with Crippen LogP contribution in [0.5, 0.6) is 0 Å². The van der Waals surface area contributed by atoms with Crippen molar-refractivity contribution in [2.45, 2.75) is 32.4 Å². The van der Waals surface area contributed by atoms with Gasteiger partial charge in [0.15, 0.2) is 9.84 Å². The molecule has 34 heavy (non-hydrogen) atoms. The molecule has 1 unspecified atom stereocenters. The van der Waals surface area contributed by atoms with Gasteiger partial charge >= 0.3 is 0 Å². The van der Waals surface area contributed by atoms with Crippen molar-refractivity contribution >= 4 is 27.7 Å². The maximum atomic E-state index is 13.2. The van der Waals surface area contributed by atoms with Crippen LogP contribution in [-0.4, -0.2) is 79.2 Å².